The lowest BCUT2D eigenvalue weighted by atomic mass is 9.82. The summed E-state index contributed by atoms with van der Waals surface area (Å²) in [5.41, 5.74) is 46.6. The number of hydrogen-bond donors (Lipinski definition) is 0. The Kier molecular flexibility index (Phi) is 20.1. The smallest absolute Gasteiger partial charge is 0.116 e. The lowest BCUT2D eigenvalue weighted by molar-refractivity contribution is 0.660. The van der Waals surface area contributed by atoms with E-state index >= 15 is 0 Å². The highest BCUT2D eigenvalue weighted by molar-refractivity contribution is 6.12. The van der Waals surface area contributed by atoms with Crippen LogP contribution in [0, 0.1) is 0 Å². The molecule has 0 amide bonds. The number of anilines is 6. The maximum Gasteiger partial charge on any atom is 0.116 e. The summed E-state index contributed by atoms with van der Waals surface area (Å²) < 4.78 is 4.73. The van der Waals surface area contributed by atoms with Crippen molar-refractivity contribution in [3.8, 4) is 134 Å². The molecule has 4 aromatic heterocycles. The van der Waals surface area contributed by atoms with Crippen LogP contribution in [0.3, 0.4) is 0 Å². The molecule has 26 rings (SSSR count). The van der Waals surface area contributed by atoms with E-state index in [4.69, 9.17) is 19.9 Å². The first-order valence-corrected chi connectivity index (χ1v) is 48.0. The predicted octanol–water partition coefficient (Wildman–Crippen LogP) is 34.3. The molecule has 0 unspecified atom stereocenters. The predicted molar refractivity (Wildman–Crippen MR) is 578 cm³/mol. The summed E-state index contributed by atoms with van der Waals surface area (Å²) in [7, 11) is 0. The molecule has 4 heterocycles. The van der Waals surface area contributed by atoms with Gasteiger partial charge in [-0.1, -0.05) is 339 Å². The molecule has 19 aromatic carbocycles. The van der Waals surface area contributed by atoms with E-state index in [2.05, 4.69) is 522 Å². The van der Waals surface area contributed by atoms with Gasteiger partial charge in [-0.05, 0) is 275 Å². The van der Waals surface area contributed by atoms with E-state index in [1.165, 1.54) is 138 Å². The van der Waals surface area contributed by atoms with Crippen LogP contribution >= 0.6 is 0 Å². The minimum atomic E-state index is -0.135. The second-order valence-corrected chi connectivity index (χ2v) is 38.5. The molecule has 0 bridgehead atoms. The van der Waals surface area contributed by atoms with Gasteiger partial charge in [0.2, 0.25) is 0 Å². The van der Waals surface area contributed by atoms with E-state index in [0.29, 0.717) is 0 Å². The van der Waals surface area contributed by atoms with Crippen molar-refractivity contribution < 1.29 is 0 Å². The van der Waals surface area contributed by atoms with Gasteiger partial charge in [-0.3, -0.25) is 0 Å². The first kappa shape index (κ1) is 83.4. The van der Waals surface area contributed by atoms with Crippen LogP contribution in [0.25, 0.3) is 178 Å². The molecule has 0 saturated carbocycles. The SMILES string of the molecule is CC1(C)c2ccccc2-c2ccc(-c3cc(-c4ccc(N(c5ccc(-c6ccccc6)cc5)c5ccc(-c6ccc7c(c6)c6ccccc6n7-c6ccccc6)cc5)cc4)ncn3)cc21.CC1(C)c2ccccc2-c2ccc(-c3cc(-c4cccc(-c5ccc(N(c6ccc(-c7ccc8c(c7)c7ccccc7n8-c7ccccc7)cc6)c6ccc7c(c6)C(C)(C)c6ccccc6-7)cc5)c4)ncn3)cc21. The molecule has 0 N–H and O–H groups in total. The average Bonchev–Trinajstić information content (AvgIpc) is 1.59. The molecule has 139 heavy (non-hydrogen) atoms. The fourth-order valence-corrected chi connectivity index (χ4v) is 22.3. The molecular weight excluding hydrogens is 1690 g/mol. The van der Waals surface area contributed by atoms with Crippen LogP contribution in [0.15, 0.2) is 474 Å². The molecule has 3 aliphatic carbocycles. The fourth-order valence-electron chi connectivity index (χ4n) is 22.3. The summed E-state index contributed by atoms with van der Waals surface area (Å²) in [6.07, 6.45) is 3.39. The highest BCUT2D eigenvalue weighted by Crippen LogP contribution is 2.55. The van der Waals surface area contributed by atoms with Crippen molar-refractivity contribution in [3.05, 3.63) is 507 Å². The Morgan fingerprint density at radius 3 is 0.856 bits per heavy atom. The van der Waals surface area contributed by atoms with Gasteiger partial charge < -0.3 is 18.9 Å². The Morgan fingerprint density at radius 1 is 0.173 bits per heavy atom. The van der Waals surface area contributed by atoms with E-state index in [1.807, 2.05) is 0 Å². The van der Waals surface area contributed by atoms with Crippen LogP contribution in [0.2, 0.25) is 0 Å². The van der Waals surface area contributed by atoms with Crippen LogP contribution in [-0.4, -0.2) is 29.1 Å². The van der Waals surface area contributed by atoms with Crippen molar-refractivity contribution in [3.63, 3.8) is 0 Å². The van der Waals surface area contributed by atoms with Crippen molar-refractivity contribution >= 4 is 77.7 Å². The third-order valence-corrected chi connectivity index (χ3v) is 29.5. The molecule has 3 aliphatic rings. The van der Waals surface area contributed by atoms with Crippen molar-refractivity contribution in [2.24, 2.45) is 0 Å². The number of rotatable bonds is 16. The van der Waals surface area contributed by atoms with Crippen molar-refractivity contribution in [2.75, 3.05) is 9.80 Å². The fraction of sp³-hybridized carbons (Fsp3) is 0.0687. The molecule has 0 saturated heterocycles. The summed E-state index contributed by atoms with van der Waals surface area (Å²) in [5, 5.41) is 4.98. The van der Waals surface area contributed by atoms with Crippen LogP contribution in [0.1, 0.15) is 74.9 Å². The van der Waals surface area contributed by atoms with Gasteiger partial charge in [0.15, 0.2) is 0 Å². The van der Waals surface area contributed by atoms with Gasteiger partial charge in [-0.25, -0.2) is 19.9 Å². The van der Waals surface area contributed by atoms with E-state index in [1.54, 1.807) is 12.7 Å². The highest BCUT2D eigenvalue weighted by Gasteiger charge is 2.39. The van der Waals surface area contributed by atoms with Crippen LogP contribution in [0.5, 0.6) is 0 Å². The molecular formula is C131H96N8. The lowest BCUT2D eigenvalue weighted by Crippen LogP contribution is -2.16. The highest BCUT2D eigenvalue weighted by atomic mass is 15.1. The number of nitrogens with zero attached hydrogens (tertiary/aromatic N) is 8. The number of aromatic nitrogens is 6. The second-order valence-electron chi connectivity index (χ2n) is 38.5. The van der Waals surface area contributed by atoms with Crippen LogP contribution in [0.4, 0.5) is 34.1 Å². The summed E-state index contributed by atoms with van der Waals surface area (Å²) in [5.74, 6) is 0. The van der Waals surface area contributed by atoms with Gasteiger partial charge in [0.1, 0.15) is 12.7 Å². The van der Waals surface area contributed by atoms with Crippen LogP contribution < -0.4 is 9.80 Å². The largest absolute Gasteiger partial charge is 0.311 e. The third kappa shape index (κ3) is 14.4. The van der Waals surface area contributed by atoms with Crippen molar-refractivity contribution in [1.82, 2.24) is 29.1 Å². The van der Waals surface area contributed by atoms with E-state index in [-0.39, 0.29) is 16.2 Å². The molecule has 660 valence electrons. The summed E-state index contributed by atoms with van der Waals surface area (Å²) in [6, 6.07) is 168. The van der Waals surface area contributed by atoms with Crippen molar-refractivity contribution in [2.45, 2.75) is 57.8 Å². The quantitative estimate of drug-likeness (QED) is 0.0960. The molecule has 0 radical (unpaired) electrons. The Labute approximate surface area is 810 Å². The summed E-state index contributed by atoms with van der Waals surface area (Å²) in [4.78, 5) is 23.8. The van der Waals surface area contributed by atoms with E-state index in [9.17, 15) is 0 Å². The maximum atomic E-state index is 4.80. The Bertz CT molecular complexity index is 8730. The van der Waals surface area contributed by atoms with Gasteiger partial charge in [0.25, 0.3) is 0 Å². The molecule has 0 atom stereocenters. The zero-order valence-corrected chi connectivity index (χ0v) is 78.1. The first-order chi connectivity index (χ1) is 68.2. The summed E-state index contributed by atoms with van der Waals surface area (Å²) >= 11 is 0. The van der Waals surface area contributed by atoms with E-state index < -0.39 is 0 Å². The second kappa shape index (κ2) is 33.6. The molecule has 0 spiro atoms. The average molecular weight is 1780 g/mol. The molecule has 0 aliphatic heterocycles. The lowest BCUT2D eigenvalue weighted by Gasteiger charge is -2.28. The van der Waals surface area contributed by atoms with Crippen molar-refractivity contribution in [1.29, 1.82) is 0 Å². The normalized spacial score (nSPS) is 13.1. The monoisotopic (exact) mass is 1780 g/mol. The molecule has 0 fully saturated rings. The maximum absolute atomic E-state index is 4.80. The molecule has 23 aromatic rings. The standard InChI is InChI=1S/C70H52N4.C61H44N4/c1-69(2)61-22-11-8-19-55(61)57-36-29-50(41-63(57)69)66-43-65(71-44-72-66)49-16-14-15-47(39-49)45-25-31-52(32-26-45)73(54-35-37-58-56-20-9-12-23-62(56)70(3,4)64(58)42-54)53-33-27-46(28-34-53)48-30-38-68-60(40-48)59-21-10-13-24-67(59)74(68)51-17-6-5-7-18-51;1-61(2)55-19-11-9-17-51(55)52-35-27-46(38-56(52)61)58-39-57(62-40-63-58)44-25-33-50(34-26-44)64(48-29-21-42(22-30-48)41-13-5-3-6-14-41)49-31-23-43(24-32-49)45-28-36-60-54(37-45)53-18-10-12-20-59(53)65(60)47-15-7-4-8-16-47/h5-44H,1-4H3;3-40H,1-2H3. The molecule has 8 nitrogen and oxygen atoms in total. The topological polar surface area (TPSA) is 67.9 Å². The number of para-hydroxylation sites is 4. The summed E-state index contributed by atoms with van der Waals surface area (Å²) in [6.45, 7) is 14.0. The van der Waals surface area contributed by atoms with Gasteiger partial charge >= 0.3 is 0 Å². The minimum Gasteiger partial charge on any atom is -0.311 e. The third-order valence-electron chi connectivity index (χ3n) is 29.5. The van der Waals surface area contributed by atoms with Gasteiger partial charge in [0.05, 0.1) is 44.8 Å². The van der Waals surface area contributed by atoms with Gasteiger partial charge in [-0.2, -0.15) is 0 Å². The van der Waals surface area contributed by atoms with Gasteiger partial charge in [-0.15, -0.1) is 0 Å². The Morgan fingerprint density at radius 2 is 0.439 bits per heavy atom. The number of benzene rings is 19. The van der Waals surface area contributed by atoms with E-state index in [0.717, 1.165) is 107 Å². The Balaban J connectivity index is 0.000000148. The zero-order valence-electron chi connectivity index (χ0n) is 78.1. The minimum absolute atomic E-state index is 0.0819. The molecule has 8 heteroatoms. The first-order valence-electron chi connectivity index (χ1n) is 48.0. The van der Waals surface area contributed by atoms with Gasteiger partial charge in [0, 0.05) is 106 Å². The number of fused-ring (bicyclic) bond motifs is 15. The Hall–Kier alpha value is -17.5. The zero-order chi connectivity index (χ0) is 93.2. The van der Waals surface area contributed by atoms with Crippen LogP contribution in [-0.2, 0) is 16.2 Å². The number of hydrogen-bond acceptors (Lipinski definition) is 6.